The molecule has 1 aliphatic heterocycles. The zero-order valence-corrected chi connectivity index (χ0v) is 7.98. The molecule has 0 amide bonds. The van der Waals surface area contributed by atoms with Gasteiger partial charge in [-0.25, -0.2) is 9.37 Å². The van der Waals surface area contributed by atoms with E-state index in [1.54, 1.807) is 6.07 Å². The molecular formula is C9H11FN2S. The first kappa shape index (κ1) is 8.81. The van der Waals surface area contributed by atoms with Crippen molar-refractivity contribution in [2.45, 2.75) is 12.5 Å². The van der Waals surface area contributed by atoms with Gasteiger partial charge in [0.1, 0.15) is 11.6 Å². The fourth-order valence-electron chi connectivity index (χ4n) is 1.32. The molecule has 0 bridgehead atoms. The number of hydrogen-bond acceptors (Lipinski definition) is 3. The second kappa shape index (κ2) is 3.96. The number of anilines is 1. The lowest BCUT2D eigenvalue weighted by Crippen LogP contribution is -2.18. The van der Waals surface area contributed by atoms with Gasteiger partial charge in [-0.3, -0.25) is 0 Å². The van der Waals surface area contributed by atoms with Crippen molar-refractivity contribution in [2.24, 2.45) is 0 Å². The highest BCUT2D eigenvalue weighted by Gasteiger charge is 2.14. The van der Waals surface area contributed by atoms with Crippen LogP contribution in [0.3, 0.4) is 0 Å². The Morgan fingerprint density at radius 1 is 1.54 bits per heavy atom. The number of pyridine rings is 1. The maximum Gasteiger partial charge on any atom is 0.141 e. The molecule has 0 aliphatic carbocycles. The van der Waals surface area contributed by atoms with E-state index in [4.69, 9.17) is 0 Å². The third kappa shape index (κ3) is 2.34. The highest BCUT2D eigenvalue weighted by atomic mass is 32.2. The normalized spacial score (nSPS) is 21.8. The summed E-state index contributed by atoms with van der Waals surface area (Å²) in [5, 5.41) is 3.27. The summed E-state index contributed by atoms with van der Waals surface area (Å²) < 4.78 is 12.5. The summed E-state index contributed by atoms with van der Waals surface area (Å²) in [6, 6.07) is 3.61. The molecule has 1 aliphatic rings. The second-order valence-electron chi connectivity index (χ2n) is 3.07. The van der Waals surface area contributed by atoms with Gasteiger partial charge in [0, 0.05) is 11.8 Å². The van der Waals surface area contributed by atoms with Crippen LogP contribution in [0.5, 0.6) is 0 Å². The van der Waals surface area contributed by atoms with E-state index in [1.807, 2.05) is 11.8 Å². The van der Waals surface area contributed by atoms with Crippen LogP contribution in [0.2, 0.25) is 0 Å². The molecule has 2 rings (SSSR count). The highest BCUT2D eigenvalue weighted by Crippen LogP contribution is 2.20. The van der Waals surface area contributed by atoms with Crippen molar-refractivity contribution in [3.8, 4) is 0 Å². The molecule has 0 unspecified atom stereocenters. The van der Waals surface area contributed by atoms with Crippen molar-refractivity contribution in [2.75, 3.05) is 16.8 Å². The molecule has 0 radical (unpaired) electrons. The molecular weight excluding hydrogens is 187 g/mol. The van der Waals surface area contributed by atoms with Crippen LogP contribution in [-0.2, 0) is 0 Å². The topological polar surface area (TPSA) is 24.9 Å². The van der Waals surface area contributed by atoms with Crippen LogP contribution in [0.4, 0.5) is 10.2 Å². The lowest BCUT2D eigenvalue weighted by molar-refractivity contribution is 0.621. The van der Waals surface area contributed by atoms with Gasteiger partial charge in [0.05, 0.1) is 6.20 Å². The van der Waals surface area contributed by atoms with Gasteiger partial charge in [-0.1, -0.05) is 0 Å². The molecule has 1 N–H and O–H groups in total. The van der Waals surface area contributed by atoms with Crippen LogP contribution in [-0.4, -0.2) is 22.5 Å². The molecule has 1 aromatic rings. The Morgan fingerprint density at radius 2 is 2.46 bits per heavy atom. The zero-order chi connectivity index (χ0) is 9.10. The Labute approximate surface area is 80.9 Å². The molecule has 0 saturated carbocycles. The largest absolute Gasteiger partial charge is 0.366 e. The van der Waals surface area contributed by atoms with Gasteiger partial charge in [-0.05, 0) is 24.3 Å². The minimum absolute atomic E-state index is 0.286. The average molecular weight is 198 g/mol. The highest BCUT2D eigenvalue weighted by molar-refractivity contribution is 7.99. The van der Waals surface area contributed by atoms with Gasteiger partial charge >= 0.3 is 0 Å². The smallest absolute Gasteiger partial charge is 0.141 e. The number of halogens is 1. The summed E-state index contributed by atoms with van der Waals surface area (Å²) in [5.41, 5.74) is 0. The SMILES string of the molecule is Fc1ccc(N[C@H]2CCSC2)nc1. The lowest BCUT2D eigenvalue weighted by Gasteiger charge is -2.10. The van der Waals surface area contributed by atoms with E-state index in [1.165, 1.54) is 24.4 Å². The Bertz CT molecular complexity index is 269. The van der Waals surface area contributed by atoms with E-state index < -0.39 is 0 Å². The molecule has 13 heavy (non-hydrogen) atoms. The van der Waals surface area contributed by atoms with Gasteiger partial charge in [0.25, 0.3) is 0 Å². The first-order valence-corrected chi connectivity index (χ1v) is 5.46. The fraction of sp³-hybridized carbons (Fsp3) is 0.444. The third-order valence-electron chi connectivity index (χ3n) is 2.01. The van der Waals surface area contributed by atoms with Gasteiger partial charge in [-0.2, -0.15) is 11.8 Å². The molecule has 1 atom stereocenters. The molecule has 0 spiro atoms. The fourth-order valence-corrected chi connectivity index (χ4v) is 2.47. The van der Waals surface area contributed by atoms with Crippen LogP contribution >= 0.6 is 11.8 Å². The minimum atomic E-state index is -0.286. The summed E-state index contributed by atoms with van der Waals surface area (Å²) in [6.07, 6.45) is 2.41. The Kier molecular flexibility index (Phi) is 2.68. The zero-order valence-electron chi connectivity index (χ0n) is 7.16. The summed E-state index contributed by atoms with van der Waals surface area (Å²) >= 11 is 1.94. The van der Waals surface area contributed by atoms with Crippen LogP contribution < -0.4 is 5.32 Å². The lowest BCUT2D eigenvalue weighted by atomic mass is 10.2. The molecule has 4 heteroatoms. The first-order chi connectivity index (χ1) is 6.34. The van der Waals surface area contributed by atoms with Gasteiger partial charge in [-0.15, -0.1) is 0 Å². The summed E-state index contributed by atoms with van der Waals surface area (Å²) in [7, 11) is 0. The van der Waals surface area contributed by atoms with E-state index in [-0.39, 0.29) is 5.82 Å². The molecule has 1 aromatic heterocycles. The third-order valence-corrected chi connectivity index (χ3v) is 3.17. The monoisotopic (exact) mass is 198 g/mol. The molecule has 2 nitrogen and oxygen atoms in total. The molecule has 0 aromatic carbocycles. The number of thioether (sulfide) groups is 1. The number of hydrogen-bond donors (Lipinski definition) is 1. The summed E-state index contributed by atoms with van der Waals surface area (Å²) in [4.78, 5) is 3.95. The first-order valence-electron chi connectivity index (χ1n) is 4.30. The Balaban J connectivity index is 1.97. The molecule has 1 saturated heterocycles. The maximum atomic E-state index is 12.5. The van der Waals surface area contributed by atoms with E-state index in [2.05, 4.69) is 10.3 Å². The molecule has 70 valence electrons. The van der Waals surface area contributed by atoms with E-state index >= 15 is 0 Å². The van der Waals surface area contributed by atoms with E-state index in [0.29, 0.717) is 6.04 Å². The standard InChI is InChI=1S/C9H11FN2S/c10-7-1-2-9(11-5-7)12-8-3-4-13-6-8/h1-2,5,8H,3-4,6H2,(H,11,12)/t8-/m0/s1. The van der Waals surface area contributed by atoms with Crippen LogP contribution in [0.15, 0.2) is 18.3 Å². The average Bonchev–Trinajstić information content (AvgIpc) is 2.62. The minimum Gasteiger partial charge on any atom is -0.366 e. The number of nitrogens with zero attached hydrogens (tertiary/aromatic N) is 1. The van der Waals surface area contributed by atoms with E-state index in [0.717, 1.165) is 11.6 Å². The van der Waals surface area contributed by atoms with Crippen LogP contribution in [0.25, 0.3) is 0 Å². The summed E-state index contributed by atoms with van der Waals surface area (Å²) in [5.74, 6) is 2.82. The van der Waals surface area contributed by atoms with Crippen molar-refractivity contribution >= 4 is 17.6 Å². The van der Waals surface area contributed by atoms with Crippen molar-refractivity contribution < 1.29 is 4.39 Å². The van der Waals surface area contributed by atoms with Crippen molar-refractivity contribution in [1.29, 1.82) is 0 Å². The van der Waals surface area contributed by atoms with Crippen molar-refractivity contribution in [3.63, 3.8) is 0 Å². The predicted molar refractivity (Wildman–Crippen MR) is 53.5 cm³/mol. The number of rotatable bonds is 2. The van der Waals surface area contributed by atoms with Gasteiger partial charge in [0.2, 0.25) is 0 Å². The maximum absolute atomic E-state index is 12.5. The number of aromatic nitrogens is 1. The van der Waals surface area contributed by atoms with Crippen LogP contribution in [0, 0.1) is 5.82 Å². The Hall–Kier alpha value is -0.770. The Morgan fingerprint density at radius 3 is 3.08 bits per heavy atom. The predicted octanol–water partition coefficient (Wildman–Crippen LogP) is 2.14. The number of nitrogens with one attached hydrogen (secondary N) is 1. The van der Waals surface area contributed by atoms with E-state index in [9.17, 15) is 4.39 Å². The van der Waals surface area contributed by atoms with Crippen molar-refractivity contribution in [3.05, 3.63) is 24.1 Å². The molecule has 1 fully saturated rings. The quantitative estimate of drug-likeness (QED) is 0.788. The summed E-state index contributed by atoms with van der Waals surface area (Å²) in [6.45, 7) is 0. The van der Waals surface area contributed by atoms with Gasteiger partial charge in [0.15, 0.2) is 0 Å². The second-order valence-corrected chi connectivity index (χ2v) is 4.22. The van der Waals surface area contributed by atoms with Crippen LogP contribution in [0.1, 0.15) is 6.42 Å². The van der Waals surface area contributed by atoms with Crippen molar-refractivity contribution in [1.82, 2.24) is 4.98 Å². The molecule has 2 heterocycles. The van der Waals surface area contributed by atoms with Gasteiger partial charge < -0.3 is 5.32 Å².